The fourth-order valence-electron chi connectivity index (χ4n) is 2.11. The maximum atomic E-state index is 12.0. The van der Waals surface area contributed by atoms with Crippen LogP contribution in [-0.4, -0.2) is 21.0 Å². The number of nitrogens with one attached hydrogen (secondary N) is 1. The lowest BCUT2D eigenvalue weighted by molar-refractivity contribution is 0.0988. The number of rotatable bonds is 4. The van der Waals surface area contributed by atoms with Crippen LogP contribution in [-0.2, 0) is 0 Å². The molecule has 1 aromatic carbocycles. The van der Waals surface area contributed by atoms with E-state index in [1.807, 2.05) is 44.2 Å². The SMILES string of the molecule is Cc1cc(C(=O)Nc2ccc(Sc3nc(C)cc(C)n3)cc2)on1. The normalized spacial score (nSPS) is 10.6. The van der Waals surface area contributed by atoms with Gasteiger partial charge < -0.3 is 9.84 Å². The Kier molecular flexibility index (Phi) is 4.61. The smallest absolute Gasteiger partial charge is 0.294 e. The van der Waals surface area contributed by atoms with Crippen LogP contribution in [0.1, 0.15) is 27.6 Å². The molecule has 1 N–H and O–H groups in total. The Balaban J connectivity index is 1.68. The third kappa shape index (κ3) is 3.99. The number of nitrogens with zero attached hydrogens (tertiary/aromatic N) is 3. The number of hydrogen-bond acceptors (Lipinski definition) is 6. The molecule has 0 aliphatic rings. The van der Waals surface area contributed by atoms with Crippen LogP contribution < -0.4 is 5.32 Å². The maximum absolute atomic E-state index is 12.0. The number of benzene rings is 1. The van der Waals surface area contributed by atoms with Gasteiger partial charge in [-0.15, -0.1) is 0 Å². The summed E-state index contributed by atoms with van der Waals surface area (Å²) in [5.74, 6) is -0.136. The van der Waals surface area contributed by atoms with Gasteiger partial charge in [0.15, 0.2) is 5.16 Å². The number of amides is 1. The molecule has 2 heterocycles. The predicted octanol–water partition coefficient (Wildman–Crippen LogP) is 3.79. The van der Waals surface area contributed by atoms with Crippen LogP contribution in [0.3, 0.4) is 0 Å². The molecule has 0 bridgehead atoms. The van der Waals surface area contributed by atoms with Crippen molar-refractivity contribution in [3.63, 3.8) is 0 Å². The molecule has 0 aliphatic carbocycles. The number of hydrogen-bond donors (Lipinski definition) is 1. The highest BCUT2D eigenvalue weighted by Crippen LogP contribution is 2.26. The molecule has 0 unspecified atom stereocenters. The van der Waals surface area contributed by atoms with Crippen LogP contribution in [0.25, 0.3) is 0 Å². The molecular formula is C17H16N4O2S. The summed E-state index contributed by atoms with van der Waals surface area (Å²) in [6.45, 7) is 5.66. The van der Waals surface area contributed by atoms with E-state index in [0.717, 1.165) is 16.3 Å². The highest BCUT2D eigenvalue weighted by atomic mass is 32.2. The van der Waals surface area contributed by atoms with Gasteiger partial charge in [0, 0.05) is 28.0 Å². The van der Waals surface area contributed by atoms with E-state index in [-0.39, 0.29) is 11.7 Å². The number of aryl methyl sites for hydroxylation is 3. The second-order valence-corrected chi connectivity index (χ2v) is 6.39. The molecule has 0 radical (unpaired) electrons. The fraction of sp³-hybridized carbons (Fsp3) is 0.176. The van der Waals surface area contributed by atoms with Crippen LogP contribution >= 0.6 is 11.8 Å². The minimum atomic E-state index is -0.325. The van der Waals surface area contributed by atoms with Gasteiger partial charge in [0.05, 0.1) is 5.69 Å². The van der Waals surface area contributed by atoms with Gasteiger partial charge in [0.2, 0.25) is 5.76 Å². The first kappa shape index (κ1) is 16.2. The van der Waals surface area contributed by atoms with Crippen molar-refractivity contribution in [3.8, 4) is 0 Å². The second kappa shape index (κ2) is 6.84. The van der Waals surface area contributed by atoms with Crippen LogP contribution in [0, 0.1) is 20.8 Å². The molecule has 0 saturated heterocycles. The Morgan fingerprint density at radius 2 is 1.67 bits per heavy atom. The van der Waals surface area contributed by atoms with Crippen LogP contribution in [0.4, 0.5) is 5.69 Å². The predicted molar refractivity (Wildman–Crippen MR) is 91.3 cm³/mol. The third-order valence-electron chi connectivity index (χ3n) is 3.13. The molecule has 1 amide bonds. The summed E-state index contributed by atoms with van der Waals surface area (Å²) in [5, 5.41) is 7.18. The van der Waals surface area contributed by atoms with E-state index in [0.29, 0.717) is 16.5 Å². The van der Waals surface area contributed by atoms with Gasteiger partial charge in [0.1, 0.15) is 0 Å². The molecule has 7 heteroatoms. The molecule has 3 rings (SSSR count). The van der Waals surface area contributed by atoms with Crippen molar-refractivity contribution in [2.45, 2.75) is 30.8 Å². The number of carbonyl (C=O) groups excluding carboxylic acids is 1. The van der Waals surface area contributed by atoms with Gasteiger partial charge in [-0.05, 0) is 62.9 Å². The first-order valence-corrected chi connectivity index (χ1v) is 8.16. The Morgan fingerprint density at radius 3 is 2.25 bits per heavy atom. The van der Waals surface area contributed by atoms with Gasteiger partial charge in [-0.3, -0.25) is 4.79 Å². The average molecular weight is 340 g/mol. The fourth-order valence-corrected chi connectivity index (χ4v) is 2.98. The molecule has 0 saturated carbocycles. The maximum Gasteiger partial charge on any atom is 0.294 e. The first-order valence-electron chi connectivity index (χ1n) is 7.34. The lowest BCUT2D eigenvalue weighted by Crippen LogP contribution is -2.10. The number of carbonyl (C=O) groups is 1. The number of aromatic nitrogens is 3. The molecule has 122 valence electrons. The van der Waals surface area contributed by atoms with Gasteiger partial charge in [0.25, 0.3) is 5.91 Å². The molecule has 24 heavy (non-hydrogen) atoms. The largest absolute Gasteiger partial charge is 0.351 e. The average Bonchev–Trinajstić information content (AvgIpc) is 2.95. The first-order chi connectivity index (χ1) is 11.5. The van der Waals surface area contributed by atoms with Crippen molar-refractivity contribution in [1.82, 2.24) is 15.1 Å². The summed E-state index contributed by atoms with van der Waals surface area (Å²) in [6, 6.07) is 11.0. The molecule has 0 fully saturated rings. The number of anilines is 1. The van der Waals surface area contributed by atoms with E-state index < -0.39 is 0 Å². The monoisotopic (exact) mass is 340 g/mol. The summed E-state index contributed by atoms with van der Waals surface area (Å²) in [4.78, 5) is 21.8. The summed E-state index contributed by atoms with van der Waals surface area (Å²) in [6.07, 6.45) is 0. The summed E-state index contributed by atoms with van der Waals surface area (Å²) in [7, 11) is 0. The topological polar surface area (TPSA) is 80.9 Å². The van der Waals surface area contributed by atoms with Crippen LogP contribution in [0.5, 0.6) is 0 Å². The molecule has 3 aromatic rings. The van der Waals surface area contributed by atoms with Crippen molar-refractivity contribution in [1.29, 1.82) is 0 Å². The molecule has 0 atom stereocenters. The molecule has 0 spiro atoms. The van der Waals surface area contributed by atoms with Crippen molar-refractivity contribution in [2.24, 2.45) is 0 Å². The highest BCUT2D eigenvalue weighted by molar-refractivity contribution is 7.99. The lowest BCUT2D eigenvalue weighted by Gasteiger charge is -2.05. The Morgan fingerprint density at radius 1 is 1.00 bits per heavy atom. The highest BCUT2D eigenvalue weighted by Gasteiger charge is 2.11. The van der Waals surface area contributed by atoms with E-state index in [9.17, 15) is 4.79 Å². The zero-order valence-corrected chi connectivity index (χ0v) is 14.3. The quantitative estimate of drug-likeness (QED) is 0.728. The lowest BCUT2D eigenvalue weighted by atomic mass is 10.3. The third-order valence-corrected chi connectivity index (χ3v) is 4.01. The standard InChI is InChI=1S/C17H16N4O2S/c1-10-8-11(2)19-17(18-10)24-14-6-4-13(5-7-14)20-16(22)15-9-12(3)21-23-15/h4-9H,1-3H3,(H,20,22). The molecule has 2 aromatic heterocycles. The van der Waals surface area contributed by atoms with E-state index in [2.05, 4.69) is 20.4 Å². The van der Waals surface area contributed by atoms with Gasteiger partial charge >= 0.3 is 0 Å². The summed E-state index contributed by atoms with van der Waals surface area (Å²) in [5.41, 5.74) is 3.23. The van der Waals surface area contributed by atoms with Gasteiger partial charge in [-0.2, -0.15) is 0 Å². The second-order valence-electron chi connectivity index (χ2n) is 5.35. The van der Waals surface area contributed by atoms with E-state index in [1.165, 1.54) is 11.8 Å². The molecule has 6 nitrogen and oxygen atoms in total. The molecular weight excluding hydrogens is 324 g/mol. The van der Waals surface area contributed by atoms with Crippen molar-refractivity contribution in [3.05, 3.63) is 59.2 Å². The zero-order valence-electron chi connectivity index (χ0n) is 13.5. The van der Waals surface area contributed by atoms with Crippen molar-refractivity contribution >= 4 is 23.4 Å². The minimum Gasteiger partial charge on any atom is -0.351 e. The van der Waals surface area contributed by atoms with E-state index >= 15 is 0 Å². The van der Waals surface area contributed by atoms with Gasteiger partial charge in [-0.25, -0.2) is 9.97 Å². The summed E-state index contributed by atoms with van der Waals surface area (Å²) >= 11 is 1.48. The van der Waals surface area contributed by atoms with E-state index in [4.69, 9.17) is 4.52 Å². The summed E-state index contributed by atoms with van der Waals surface area (Å²) < 4.78 is 4.94. The van der Waals surface area contributed by atoms with E-state index in [1.54, 1.807) is 13.0 Å². The van der Waals surface area contributed by atoms with Gasteiger partial charge in [-0.1, -0.05) is 5.16 Å². The van der Waals surface area contributed by atoms with Crippen molar-refractivity contribution < 1.29 is 9.32 Å². The Labute approximate surface area is 143 Å². The van der Waals surface area contributed by atoms with Crippen LogP contribution in [0.15, 0.2) is 51.0 Å². The Hall–Kier alpha value is -2.67. The minimum absolute atomic E-state index is 0.189. The van der Waals surface area contributed by atoms with Crippen molar-refractivity contribution in [2.75, 3.05) is 5.32 Å². The molecule has 0 aliphatic heterocycles. The van der Waals surface area contributed by atoms with Crippen LogP contribution in [0.2, 0.25) is 0 Å². The zero-order chi connectivity index (χ0) is 17.1. The Bertz CT molecular complexity index is 854.